The van der Waals surface area contributed by atoms with Crippen molar-refractivity contribution in [3.63, 3.8) is 0 Å². The van der Waals surface area contributed by atoms with Crippen molar-refractivity contribution in [3.8, 4) is 11.3 Å². The number of H-pyrrole nitrogens is 1. The molecule has 1 fully saturated rings. The average Bonchev–Trinajstić information content (AvgIpc) is 3.29. The zero-order valence-corrected chi connectivity index (χ0v) is 18.6. The predicted octanol–water partition coefficient (Wildman–Crippen LogP) is 4.37. The molecule has 6 nitrogen and oxygen atoms in total. The number of likely N-dealkylation sites (N-methyl/N-ethyl adjacent to an activating group) is 1. The number of aromatic nitrogens is 3. The summed E-state index contributed by atoms with van der Waals surface area (Å²) in [6.45, 7) is 9.78. The first-order chi connectivity index (χ1) is 15.8. The minimum absolute atomic E-state index is 0.731. The van der Waals surface area contributed by atoms with E-state index in [1.807, 2.05) is 6.07 Å². The van der Waals surface area contributed by atoms with E-state index in [-0.39, 0.29) is 0 Å². The summed E-state index contributed by atoms with van der Waals surface area (Å²) in [5.74, 6) is 0.851. The average molecular weight is 427 g/mol. The van der Waals surface area contributed by atoms with Crippen LogP contribution in [-0.2, 0) is 13.1 Å². The van der Waals surface area contributed by atoms with Crippen LogP contribution in [0.1, 0.15) is 18.1 Å². The highest BCUT2D eigenvalue weighted by Gasteiger charge is 2.15. The van der Waals surface area contributed by atoms with Crippen molar-refractivity contribution in [1.82, 2.24) is 24.8 Å². The van der Waals surface area contributed by atoms with Crippen LogP contribution in [0.5, 0.6) is 0 Å². The minimum Gasteiger partial charge on any atom is -0.365 e. The number of rotatable bonds is 7. The molecule has 0 spiro atoms. The van der Waals surface area contributed by atoms with E-state index in [0.717, 1.165) is 60.8 Å². The lowest BCUT2D eigenvalue weighted by molar-refractivity contribution is 0.132. The van der Waals surface area contributed by atoms with Crippen molar-refractivity contribution in [2.24, 2.45) is 0 Å². The van der Waals surface area contributed by atoms with E-state index in [0.29, 0.717) is 0 Å². The van der Waals surface area contributed by atoms with E-state index in [9.17, 15) is 0 Å². The van der Waals surface area contributed by atoms with Gasteiger partial charge in [0.2, 0.25) is 0 Å². The van der Waals surface area contributed by atoms with Crippen LogP contribution >= 0.6 is 0 Å². The van der Waals surface area contributed by atoms with E-state index < -0.39 is 0 Å². The maximum atomic E-state index is 4.47. The fraction of sp³-hybridized carbons (Fsp3) is 0.308. The number of piperazine rings is 1. The number of anilines is 1. The van der Waals surface area contributed by atoms with Crippen molar-refractivity contribution >= 4 is 16.9 Å². The lowest BCUT2D eigenvalue weighted by Gasteiger charge is -2.34. The van der Waals surface area contributed by atoms with Crippen molar-refractivity contribution in [3.05, 3.63) is 78.1 Å². The van der Waals surface area contributed by atoms with Crippen LogP contribution in [0.15, 0.2) is 67.0 Å². The van der Waals surface area contributed by atoms with E-state index in [4.69, 9.17) is 0 Å². The molecule has 164 valence electrons. The molecule has 1 saturated heterocycles. The Morgan fingerprint density at radius 2 is 1.62 bits per heavy atom. The molecule has 4 aromatic rings. The van der Waals surface area contributed by atoms with Gasteiger partial charge in [-0.05, 0) is 29.3 Å². The van der Waals surface area contributed by atoms with Crippen LogP contribution in [0.4, 0.5) is 5.82 Å². The molecule has 2 N–H and O–H groups in total. The summed E-state index contributed by atoms with van der Waals surface area (Å²) < 4.78 is 0. The van der Waals surface area contributed by atoms with Gasteiger partial charge in [-0.1, -0.05) is 61.5 Å². The molecular weight excluding hydrogens is 396 g/mol. The summed E-state index contributed by atoms with van der Waals surface area (Å²) in [5.41, 5.74) is 5.66. The molecule has 2 aromatic carbocycles. The van der Waals surface area contributed by atoms with Crippen LogP contribution in [0.3, 0.4) is 0 Å². The third kappa shape index (κ3) is 4.66. The molecule has 1 aliphatic heterocycles. The van der Waals surface area contributed by atoms with Gasteiger partial charge in [0.25, 0.3) is 0 Å². The zero-order chi connectivity index (χ0) is 21.8. The Bertz CT molecular complexity index is 1140. The van der Waals surface area contributed by atoms with Crippen molar-refractivity contribution in [2.45, 2.75) is 20.0 Å². The van der Waals surface area contributed by atoms with Gasteiger partial charge in [0.1, 0.15) is 17.8 Å². The summed E-state index contributed by atoms with van der Waals surface area (Å²) in [6, 6.07) is 21.4. The quantitative estimate of drug-likeness (QED) is 0.459. The molecule has 5 rings (SSSR count). The Morgan fingerprint density at radius 1 is 0.875 bits per heavy atom. The molecule has 6 heteroatoms. The van der Waals surface area contributed by atoms with Crippen LogP contribution in [-0.4, -0.2) is 57.5 Å². The van der Waals surface area contributed by atoms with Gasteiger partial charge in [-0.15, -0.1) is 0 Å². The summed E-state index contributed by atoms with van der Waals surface area (Å²) in [6.07, 6.45) is 1.61. The summed E-state index contributed by atoms with van der Waals surface area (Å²) in [7, 11) is 0. The van der Waals surface area contributed by atoms with E-state index in [1.165, 1.54) is 24.2 Å². The highest BCUT2D eigenvalue weighted by molar-refractivity contribution is 5.91. The van der Waals surface area contributed by atoms with Crippen molar-refractivity contribution in [2.75, 3.05) is 38.0 Å². The van der Waals surface area contributed by atoms with Gasteiger partial charge < -0.3 is 15.2 Å². The molecule has 0 aliphatic carbocycles. The van der Waals surface area contributed by atoms with Crippen molar-refractivity contribution in [1.29, 1.82) is 0 Å². The topological polar surface area (TPSA) is 60.1 Å². The maximum Gasteiger partial charge on any atom is 0.143 e. The predicted molar refractivity (Wildman–Crippen MR) is 130 cm³/mol. The fourth-order valence-electron chi connectivity index (χ4n) is 4.33. The molecule has 32 heavy (non-hydrogen) atoms. The lowest BCUT2D eigenvalue weighted by atomic mass is 10.1. The molecule has 0 amide bonds. The first-order valence-electron chi connectivity index (χ1n) is 11.4. The van der Waals surface area contributed by atoms with Crippen LogP contribution < -0.4 is 5.32 Å². The molecule has 2 aromatic heterocycles. The minimum atomic E-state index is 0.731. The first-order valence-corrected chi connectivity index (χ1v) is 11.4. The Morgan fingerprint density at radius 3 is 2.38 bits per heavy atom. The first kappa shape index (κ1) is 20.7. The second-order valence-corrected chi connectivity index (χ2v) is 8.41. The standard InChI is InChI=1S/C26H30N6/c1-2-31-12-14-32(15-13-31)18-21-8-10-22(11-9-21)24-16-23-25(28-19-29-26(23)30-24)27-17-20-6-4-3-5-7-20/h3-11,16,19H,2,12-15,17-18H2,1H3,(H2,27,28,29,30). The molecule has 0 radical (unpaired) electrons. The second-order valence-electron chi connectivity index (χ2n) is 8.41. The SMILES string of the molecule is CCN1CCN(Cc2ccc(-c3cc4c(NCc5ccccc5)ncnc4[nH]3)cc2)CC1. The molecule has 0 unspecified atom stereocenters. The number of hydrogen-bond donors (Lipinski definition) is 2. The van der Waals surface area contributed by atoms with Gasteiger partial charge in [-0.25, -0.2) is 9.97 Å². The lowest BCUT2D eigenvalue weighted by Crippen LogP contribution is -2.45. The van der Waals surface area contributed by atoms with Crippen molar-refractivity contribution < 1.29 is 0 Å². The zero-order valence-electron chi connectivity index (χ0n) is 18.6. The van der Waals surface area contributed by atoms with Crippen LogP contribution in [0.2, 0.25) is 0 Å². The third-order valence-electron chi connectivity index (χ3n) is 6.31. The van der Waals surface area contributed by atoms with Gasteiger partial charge in [0.05, 0.1) is 5.39 Å². The van der Waals surface area contributed by atoms with Gasteiger partial charge in [-0.3, -0.25) is 4.90 Å². The molecule has 0 atom stereocenters. The summed E-state index contributed by atoms with van der Waals surface area (Å²) in [5, 5.41) is 4.46. The van der Waals surface area contributed by atoms with E-state index in [2.05, 4.69) is 91.6 Å². The summed E-state index contributed by atoms with van der Waals surface area (Å²) in [4.78, 5) is 17.4. The Balaban J connectivity index is 1.28. The largest absolute Gasteiger partial charge is 0.365 e. The number of nitrogens with zero attached hydrogens (tertiary/aromatic N) is 4. The molecule has 0 saturated carbocycles. The van der Waals surface area contributed by atoms with E-state index in [1.54, 1.807) is 6.33 Å². The highest BCUT2D eigenvalue weighted by atomic mass is 15.3. The maximum absolute atomic E-state index is 4.47. The normalized spacial score (nSPS) is 15.3. The van der Waals surface area contributed by atoms with Gasteiger partial charge in [0.15, 0.2) is 0 Å². The number of fused-ring (bicyclic) bond motifs is 1. The molecular formula is C26H30N6. The van der Waals surface area contributed by atoms with Gasteiger partial charge >= 0.3 is 0 Å². The van der Waals surface area contributed by atoms with Crippen LogP contribution in [0.25, 0.3) is 22.3 Å². The third-order valence-corrected chi connectivity index (χ3v) is 6.31. The molecule has 3 heterocycles. The van der Waals surface area contributed by atoms with E-state index >= 15 is 0 Å². The molecule has 1 aliphatic rings. The smallest absolute Gasteiger partial charge is 0.143 e. The monoisotopic (exact) mass is 426 g/mol. The van der Waals surface area contributed by atoms with Gasteiger partial charge in [0, 0.05) is 45.0 Å². The summed E-state index contributed by atoms with van der Waals surface area (Å²) >= 11 is 0. The number of aromatic amines is 1. The number of nitrogens with one attached hydrogen (secondary N) is 2. The number of benzene rings is 2. The molecule has 0 bridgehead atoms. The number of hydrogen-bond acceptors (Lipinski definition) is 5. The highest BCUT2D eigenvalue weighted by Crippen LogP contribution is 2.27. The Hall–Kier alpha value is -3.22. The second kappa shape index (κ2) is 9.51. The Kier molecular flexibility index (Phi) is 6.14. The Labute approximate surface area is 189 Å². The van der Waals surface area contributed by atoms with Crippen LogP contribution in [0, 0.1) is 0 Å². The fourth-order valence-corrected chi connectivity index (χ4v) is 4.33. The van der Waals surface area contributed by atoms with Gasteiger partial charge in [-0.2, -0.15) is 0 Å².